The van der Waals surface area contributed by atoms with E-state index in [-0.39, 0.29) is 13.0 Å². The van der Waals surface area contributed by atoms with Gasteiger partial charge in [-0.2, -0.15) is 0 Å². The summed E-state index contributed by atoms with van der Waals surface area (Å²) in [6.45, 7) is -0.927. The molecule has 0 aromatic rings. The zero-order valence-electron chi connectivity index (χ0n) is 5.97. The first-order valence-corrected chi connectivity index (χ1v) is 3.42. The molecule has 0 radical (unpaired) electrons. The Balaban J connectivity index is 2.57. The summed E-state index contributed by atoms with van der Waals surface area (Å²) in [5.41, 5.74) is 0. The van der Waals surface area contributed by atoms with Gasteiger partial charge >= 0.3 is 0 Å². The van der Waals surface area contributed by atoms with E-state index in [4.69, 9.17) is 20.1 Å². The van der Waals surface area contributed by atoms with Gasteiger partial charge in [0.15, 0.2) is 0 Å². The van der Waals surface area contributed by atoms with Crippen LogP contribution in [0.3, 0.4) is 0 Å². The van der Waals surface area contributed by atoms with Gasteiger partial charge < -0.3 is 25.2 Å². The normalized spacial score (nSPS) is 44.7. The fraction of sp³-hybridized carbons (Fsp3) is 1.00. The van der Waals surface area contributed by atoms with E-state index < -0.39 is 24.6 Å². The Kier molecular flexibility index (Phi) is 2.46. The minimum Gasteiger partial charge on any atom is -0.394 e. The van der Waals surface area contributed by atoms with Gasteiger partial charge in [-0.3, -0.25) is 0 Å². The van der Waals surface area contributed by atoms with Gasteiger partial charge in [-0.1, -0.05) is 0 Å². The summed E-state index contributed by atoms with van der Waals surface area (Å²) in [6.07, 6.45) is -1.56. The maximum Gasteiger partial charge on any atom is 0.216 e. The first-order chi connectivity index (χ1) is 5.12. The third-order valence-electron chi connectivity index (χ3n) is 1.81. The van der Waals surface area contributed by atoms with Crippen molar-refractivity contribution in [3.05, 3.63) is 0 Å². The average molecular weight is 164 g/mol. The highest BCUT2D eigenvalue weighted by atomic mass is 16.7. The monoisotopic (exact) mass is 164 g/mol. The van der Waals surface area contributed by atoms with E-state index in [2.05, 4.69) is 0 Å². The molecule has 11 heavy (non-hydrogen) atoms. The van der Waals surface area contributed by atoms with Crippen LogP contribution in [0.2, 0.25) is 0 Å². The summed E-state index contributed by atoms with van der Waals surface area (Å²) >= 11 is 0. The standard InChI is InChI=1S/C6H12O5/c7-2-4-1-5(9)6(10,3-8)11-4/h4-5,7-10H,1-3H2/t4-,5?,6?/m0/s1. The third kappa shape index (κ3) is 1.52. The van der Waals surface area contributed by atoms with Crippen LogP contribution in [0.15, 0.2) is 0 Å². The predicted octanol–water partition coefficient (Wildman–Crippen LogP) is -2.19. The first-order valence-electron chi connectivity index (χ1n) is 3.42. The van der Waals surface area contributed by atoms with Crippen molar-refractivity contribution in [3.63, 3.8) is 0 Å². The largest absolute Gasteiger partial charge is 0.394 e. The van der Waals surface area contributed by atoms with E-state index in [9.17, 15) is 5.11 Å². The van der Waals surface area contributed by atoms with Crippen molar-refractivity contribution >= 4 is 0 Å². The molecule has 0 aromatic carbocycles. The molecular formula is C6H12O5. The van der Waals surface area contributed by atoms with Crippen LogP contribution in [-0.4, -0.2) is 51.6 Å². The summed E-state index contributed by atoms with van der Waals surface area (Å²) in [4.78, 5) is 0. The maximum absolute atomic E-state index is 9.24. The van der Waals surface area contributed by atoms with Crippen LogP contribution in [0.25, 0.3) is 0 Å². The van der Waals surface area contributed by atoms with E-state index in [0.717, 1.165) is 0 Å². The van der Waals surface area contributed by atoms with Crippen molar-refractivity contribution < 1.29 is 25.2 Å². The molecule has 1 heterocycles. The lowest BCUT2D eigenvalue weighted by Gasteiger charge is -2.22. The van der Waals surface area contributed by atoms with Gasteiger partial charge in [-0.15, -0.1) is 0 Å². The van der Waals surface area contributed by atoms with Gasteiger partial charge in [0.1, 0.15) is 6.10 Å². The van der Waals surface area contributed by atoms with Crippen molar-refractivity contribution in [1.29, 1.82) is 0 Å². The highest BCUT2D eigenvalue weighted by Gasteiger charge is 2.45. The van der Waals surface area contributed by atoms with Crippen molar-refractivity contribution in [2.75, 3.05) is 13.2 Å². The van der Waals surface area contributed by atoms with Crippen molar-refractivity contribution in [1.82, 2.24) is 0 Å². The smallest absolute Gasteiger partial charge is 0.216 e. The molecule has 3 atom stereocenters. The zero-order valence-corrected chi connectivity index (χ0v) is 5.97. The second-order valence-corrected chi connectivity index (χ2v) is 2.68. The van der Waals surface area contributed by atoms with Gasteiger partial charge in [0.05, 0.1) is 19.3 Å². The number of hydrogen-bond acceptors (Lipinski definition) is 5. The average Bonchev–Trinajstić information content (AvgIpc) is 2.29. The van der Waals surface area contributed by atoms with Crippen LogP contribution in [0, 0.1) is 0 Å². The molecule has 4 N–H and O–H groups in total. The van der Waals surface area contributed by atoms with Crippen LogP contribution in [0.1, 0.15) is 6.42 Å². The van der Waals surface area contributed by atoms with Crippen LogP contribution in [0.5, 0.6) is 0 Å². The molecule has 1 saturated heterocycles. The molecule has 1 aliphatic heterocycles. The fourth-order valence-electron chi connectivity index (χ4n) is 1.10. The summed E-state index contributed by atoms with van der Waals surface area (Å²) in [6, 6.07) is 0. The predicted molar refractivity (Wildman–Crippen MR) is 34.6 cm³/mol. The van der Waals surface area contributed by atoms with Crippen LogP contribution in [-0.2, 0) is 4.74 Å². The Labute approximate surface area is 63.8 Å². The van der Waals surface area contributed by atoms with E-state index in [1.165, 1.54) is 0 Å². The molecule has 1 aliphatic rings. The lowest BCUT2D eigenvalue weighted by molar-refractivity contribution is -0.247. The number of aliphatic hydroxyl groups is 4. The second-order valence-electron chi connectivity index (χ2n) is 2.68. The lowest BCUT2D eigenvalue weighted by Crippen LogP contribution is -2.43. The Morgan fingerprint density at radius 2 is 2.09 bits per heavy atom. The van der Waals surface area contributed by atoms with Gasteiger partial charge in [0.25, 0.3) is 0 Å². The van der Waals surface area contributed by atoms with E-state index >= 15 is 0 Å². The highest BCUT2D eigenvalue weighted by Crippen LogP contribution is 2.27. The molecule has 66 valence electrons. The molecule has 0 aromatic heterocycles. The molecule has 0 aliphatic carbocycles. The Morgan fingerprint density at radius 3 is 2.36 bits per heavy atom. The second kappa shape index (κ2) is 3.04. The third-order valence-corrected chi connectivity index (χ3v) is 1.81. The molecule has 2 unspecified atom stereocenters. The minimum atomic E-state index is -1.88. The molecule has 0 spiro atoms. The molecule has 5 nitrogen and oxygen atoms in total. The topological polar surface area (TPSA) is 90.2 Å². The van der Waals surface area contributed by atoms with Crippen molar-refractivity contribution in [2.24, 2.45) is 0 Å². The molecule has 1 rings (SSSR count). The summed E-state index contributed by atoms with van der Waals surface area (Å²) in [7, 11) is 0. The fourth-order valence-corrected chi connectivity index (χ4v) is 1.10. The number of ether oxygens (including phenoxy) is 1. The zero-order chi connectivity index (χ0) is 8.48. The molecule has 0 amide bonds. The number of rotatable bonds is 2. The van der Waals surface area contributed by atoms with Gasteiger partial charge in [-0.05, 0) is 0 Å². The molecule has 0 saturated carbocycles. The highest BCUT2D eigenvalue weighted by molar-refractivity contribution is 4.87. The van der Waals surface area contributed by atoms with E-state index in [1.807, 2.05) is 0 Å². The van der Waals surface area contributed by atoms with E-state index in [1.54, 1.807) is 0 Å². The summed E-state index contributed by atoms with van der Waals surface area (Å²) in [5, 5.41) is 35.5. The van der Waals surface area contributed by atoms with Gasteiger partial charge in [-0.25, -0.2) is 0 Å². The quantitative estimate of drug-likeness (QED) is 0.372. The number of aliphatic hydroxyl groups excluding tert-OH is 3. The maximum atomic E-state index is 9.24. The van der Waals surface area contributed by atoms with Gasteiger partial charge in [0.2, 0.25) is 5.79 Å². The van der Waals surface area contributed by atoms with Crippen LogP contribution in [0.4, 0.5) is 0 Å². The molecule has 0 bridgehead atoms. The van der Waals surface area contributed by atoms with Crippen molar-refractivity contribution in [3.8, 4) is 0 Å². The van der Waals surface area contributed by atoms with E-state index in [0.29, 0.717) is 0 Å². The summed E-state index contributed by atoms with van der Waals surface area (Å²) < 4.78 is 4.77. The molecule has 1 fully saturated rings. The van der Waals surface area contributed by atoms with Crippen molar-refractivity contribution in [2.45, 2.75) is 24.4 Å². The number of hydrogen-bond donors (Lipinski definition) is 4. The Bertz CT molecular complexity index is 139. The van der Waals surface area contributed by atoms with Gasteiger partial charge in [0, 0.05) is 6.42 Å². The lowest BCUT2D eigenvalue weighted by atomic mass is 10.1. The Hall–Kier alpha value is -0.200. The summed E-state index contributed by atoms with van der Waals surface area (Å²) in [5.74, 6) is -1.88. The van der Waals surface area contributed by atoms with Crippen LogP contribution < -0.4 is 0 Å². The SMILES string of the molecule is OC[C@@H]1CC(O)C(O)(CO)O1. The minimum absolute atomic E-state index is 0.146. The Morgan fingerprint density at radius 1 is 1.45 bits per heavy atom. The molecular weight excluding hydrogens is 152 g/mol. The van der Waals surface area contributed by atoms with Crippen LogP contribution >= 0.6 is 0 Å². The molecule has 5 heteroatoms. The first kappa shape index (κ1) is 8.89.